The molecule has 0 bridgehead atoms. The second-order valence-corrected chi connectivity index (χ2v) is 4.05. The third-order valence-electron chi connectivity index (χ3n) is 2.55. The first-order valence-corrected chi connectivity index (χ1v) is 5.95. The molecule has 2 aromatic rings. The van der Waals surface area contributed by atoms with E-state index < -0.39 is 0 Å². The number of nitrogens with zero attached hydrogens (tertiary/aromatic N) is 3. The first-order chi connectivity index (χ1) is 9.20. The van der Waals surface area contributed by atoms with Crippen molar-refractivity contribution in [3.63, 3.8) is 0 Å². The smallest absolute Gasteiger partial charge is 0.222 e. The predicted octanol–water partition coefficient (Wildman–Crippen LogP) is 1.55. The Hall–Kier alpha value is -2.21. The maximum absolute atomic E-state index is 11.2. The number of hydrogen-bond acceptors (Lipinski definition) is 4. The highest BCUT2D eigenvalue weighted by atomic mass is 16.5. The molecule has 6 heteroatoms. The number of aromatic nitrogens is 3. The molecule has 0 atom stereocenters. The third-order valence-corrected chi connectivity index (χ3v) is 2.55. The third kappa shape index (κ3) is 3.38. The molecule has 2 aromatic heterocycles. The highest BCUT2D eigenvalue weighted by Crippen LogP contribution is 2.21. The van der Waals surface area contributed by atoms with Gasteiger partial charge in [-0.05, 0) is 12.1 Å². The monoisotopic (exact) mass is 260 g/mol. The summed E-state index contributed by atoms with van der Waals surface area (Å²) in [6.07, 6.45) is 3.45. The van der Waals surface area contributed by atoms with Gasteiger partial charge in [-0.15, -0.1) is 0 Å². The maximum Gasteiger partial charge on any atom is 0.222 e. The number of carbonyl (C=O) groups excluding carboxylic acids is 1. The van der Waals surface area contributed by atoms with E-state index in [9.17, 15) is 4.79 Å². The summed E-state index contributed by atoms with van der Waals surface area (Å²) in [5, 5.41) is 7.21. The zero-order chi connectivity index (χ0) is 13.7. The lowest BCUT2D eigenvalue weighted by atomic mass is 10.2. The number of carbonyl (C=O) groups is 1. The second-order valence-electron chi connectivity index (χ2n) is 4.05. The Morgan fingerprint density at radius 2 is 2.37 bits per heavy atom. The lowest BCUT2D eigenvalue weighted by molar-refractivity contribution is -0.114. The molecule has 0 radical (unpaired) electrons. The topological polar surface area (TPSA) is 69.0 Å². The summed E-state index contributed by atoms with van der Waals surface area (Å²) in [6.45, 7) is 2.57. The molecule has 100 valence electrons. The van der Waals surface area contributed by atoms with Crippen LogP contribution >= 0.6 is 0 Å². The molecule has 0 aliphatic heterocycles. The Balaban J connectivity index is 2.31. The van der Waals surface area contributed by atoms with E-state index >= 15 is 0 Å². The van der Waals surface area contributed by atoms with Gasteiger partial charge in [-0.25, -0.2) is 4.68 Å². The van der Waals surface area contributed by atoms with Crippen molar-refractivity contribution < 1.29 is 9.53 Å². The van der Waals surface area contributed by atoms with Crippen molar-refractivity contribution in [1.82, 2.24) is 14.8 Å². The first-order valence-electron chi connectivity index (χ1n) is 5.95. The van der Waals surface area contributed by atoms with Crippen molar-refractivity contribution >= 4 is 11.7 Å². The summed E-state index contributed by atoms with van der Waals surface area (Å²) in [5.74, 6) is 0.528. The molecule has 0 saturated carbocycles. The van der Waals surface area contributed by atoms with Gasteiger partial charge >= 0.3 is 0 Å². The van der Waals surface area contributed by atoms with Crippen LogP contribution in [-0.2, 0) is 16.1 Å². The van der Waals surface area contributed by atoms with Gasteiger partial charge in [0.2, 0.25) is 5.91 Å². The van der Waals surface area contributed by atoms with Crippen molar-refractivity contribution in [3.8, 4) is 11.3 Å². The number of amides is 1. The molecule has 0 aliphatic carbocycles. The van der Waals surface area contributed by atoms with Crippen molar-refractivity contribution in [2.45, 2.75) is 13.5 Å². The molecule has 1 N–H and O–H groups in total. The lowest BCUT2D eigenvalue weighted by Crippen LogP contribution is -2.14. The van der Waals surface area contributed by atoms with Crippen molar-refractivity contribution in [2.24, 2.45) is 0 Å². The van der Waals surface area contributed by atoms with Gasteiger partial charge in [0.25, 0.3) is 0 Å². The van der Waals surface area contributed by atoms with Gasteiger partial charge in [0.05, 0.1) is 18.8 Å². The van der Waals surface area contributed by atoms with E-state index in [-0.39, 0.29) is 5.91 Å². The normalized spacial score (nSPS) is 10.4. The number of methoxy groups -OCH3 is 1. The zero-order valence-corrected chi connectivity index (χ0v) is 11.0. The number of nitrogens with one attached hydrogen (secondary N) is 1. The highest BCUT2D eigenvalue weighted by Gasteiger charge is 2.10. The average Bonchev–Trinajstić information content (AvgIpc) is 2.80. The van der Waals surface area contributed by atoms with E-state index in [1.807, 2.05) is 18.2 Å². The average molecular weight is 260 g/mol. The second kappa shape index (κ2) is 6.10. The van der Waals surface area contributed by atoms with Gasteiger partial charge in [-0.2, -0.15) is 5.10 Å². The van der Waals surface area contributed by atoms with E-state index in [0.29, 0.717) is 19.0 Å². The Morgan fingerprint density at radius 1 is 1.53 bits per heavy atom. The molecule has 0 aliphatic rings. The van der Waals surface area contributed by atoms with Crippen LogP contribution in [0.4, 0.5) is 5.82 Å². The Labute approximate surface area is 111 Å². The SMILES string of the molecule is COCCn1nc(-c2cccnc2)cc1NC(C)=O. The molecule has 2 rings (SSSR count). The molecule has 0 saturated heterocycles. The minimum absolute atomic E-state index is 0.128. The predicted molar refractivity (Wildman–Crippen MR) is 71.6 cm³/mol. The minimum Gasteiger partial charge on any atom is -0.383 e. The number of ether oxygens (including phenoxy) is 1. The molecule has 6 nitrogen and oxygen atoms in total. The van der Waals surface area contributed by atoms with Crippen LogP contribution in [0.25, 0.3) is 11.3 Å². The van der Waals surface area contributed by atoms with Crippen LogP contribution in [0.5, 0.6) is 0 Å². The van der Waals surface area contributed by atoms with Crippen LogP contribution in [0.3, 0.4) is 0 Å². The van der Waals surface area contributed by atoms with Gasteiger partial charge in [0.15, 0.2) is 0 Å². The van der Waals surface area contributed by atoms with Gasteiger partial charge in [0.1, 0.15) is 5.82 Å². The van der Waals surface area contributed by atoms with Crippen LogP contribution < -0.4 is 5.32 Å². The van der Waals surface area contributed by atoms with E-state index in [2.05, 4.69) is 15.4 Å². The van der Waals surface area contributed by atoms with Crippen LogP contribution in [0.15, 0.2) is 30.6 Å². The fourth-order valence-electron chi connectivity index (χ4n) is 1.70. The molecule has 0 spiro atoms. The Bertz CT molecular complexity index is 551. The van der Waals surface area contributed by atoms with Crippen molar-refractivity contribution in [1.29, 1.82) is 0 Å². The van der Waals surface area contributed by atoms with Gasteiger partial charge < -0.3 is 10.1 Å². The van der Waals surface area contributed by atoms with E-state index in [0.717, 1.165) is 11.3 Å². The molecule has 0 unspecified atom stereocenters. The minimum atomic E-state index is -0.128. The lowest BCUT2D eigenvalue weighted by Gasteiger charge is -2.06. The zero-order valence-electron chi connectivity index (χ0n) is 11.0. The summed E-state index contributed by atoms with van der Waals surface area (Å²) in [5.41, 5.74) is 1.68. The fourth-order valence-corrected chi connectivity index (χ4v) is 1.70. The number of pyridine rings is 1. The maximum atomic E-state index is 11.2. The van der Waals surface area contributed by atoms with Gasteiger partial charge in [0, 0.05) is 38.1 Å². The largest absolute Gasteiger partial charge is 0.383 e. The molecule has 0 aromatic carbocycles. The first kappa shape index (κ1) is 13.2. The van der Waals surface area contributed by atoms with E-state index in [1.54, 1.807) is 24.2 Å². The summed E-state index contributed by atoms with van der Waals surface area (Å²) in [6, 6.07) is 5.60. The highest BCUT2D eigenvalue weighted by molar-refractivity contribution is 5.88. The quantitative estimate of drug-likeness (QED) is 0.885. The Morgan fingerprint density at radius 3 is 3.00 bits per heavy atom. The van der Waals surface area contributed by atoms with Gasteiger partial charge in [-0.3, -0.25) is 9.78 Å². The summed E-state index contributed by atoms with van der Waals surface area (Å²) < 4.78 is 6.75. The van der Waals surface area contributed by atoms with Gasteiger partial charge in [-0.1, -0.05) is 0 Å². The summed E-state index contributed by atoms with van der Waals surface area (Å²) in [4.78, 5) is 15.3. The number of anilines is 1. The Kier molecular flexibility index (Phi) is 4.25. The van der Waals surface area contributed by atoms with Crippen molar-refractivity contribution in [2.75, 3.05) is 19.0 Å². The van der Waals surface area contributed by atoms with Crippen LogP contribution in [0.2, 0.25) is 0 Å². The molecular formula is C13H16N4O2. The number of hydrogen-bond donors (Lipinski definition) is 1. The van der Waals surface area contributed by atoms with E-state index in [1.165, 1.54) is 6.92 Å². The van der Waals surface area contributed by atoms with Crippen molar-refractivity contribution in [3.05, 3.63) is 30.6 Å². The van der Waals surface area contributed by atoms with Crippen LogP contribution in [-0.4, -0.2) is 34.4 Å². The fraction of sp³-hybridized carbons (Fsp3) is 0.308. The van der Waals surface area contributed by atoms with Crippen LogP contribution in [0, 0.1) is 0 Å². The summed E-state index contributed by atoms with van der Waals surface area (Å²) >= 11 is 0. The molecule has 2 heterocycles. The molecule has 19 heavy (non-hydrogen) atoms. The molecule has 1 amide bonds. The number of rotatable bonds is 5. The summed E-state index contributed by atoms with van der Waals surface area (Å²) in [7, 11) is 1.63. The van der Waals surface area contributed by atoms with E-state index in [4.69, 9.17) is 4.74 Å². The van der Waals surface area contributed by atoms with Crippen LogP contribution in [0.1, 0.15) is 6.92 Å². The molecular weight excluding hydrogens is 244 g/mol. The molecule has 0 fully saturated rings. The standard InChI is InChI=1S/C13H16N4O2/c1-10(18)15-13-8-12(11-4-3-5-14-9-11)16-17(13)6-7-19-2/h3-5,8-9H,6-7H2,1-2H3,(H,15,18).